The Hall–Kier alpha value is -3.34. The molecule has 1 aliphatic heterocycles. The number of halogens is 1. The SMILES string of the molecule is COc1ccc(C2C(CCCc3ccc(F)cc3)C(=O)N2c2ccc(O)cc2)cc1. The van der Waals surface area contributed by atoms with Crippen LogP contribution in [0.1, 0.15) is 30.0 Å². The number of phenolic OH excluding ortho intramolecular Hbond substituents is 1. The number of aryl methyl sites for hydroxylation is 1. The first-order chi connectivity index (χ1) is 14.6. The number of hydrogen-bond donors (Lipinski definition) is 1. The maximum atomic E-state index is 13.1. The number of benzene rings is 3. The Labute approximate surface area is 175 Å². The van der Waals surface area contributed by atoms with E-state index in [9.17, 15) is 14.3 Å². The molecule has 1 saturated heterocycles. The minimum atomic E-state index is -0.239. The van der Waals surface area contributed by atoms with Gasteiger partial charge in [-0.05, 0) is 78.9 Å². The van der Waals surface area contributed by atoms with E-state index in [1.54, 1.807) is 48.4 Å². The average Bonchev–Trinajstić information content (AvgIpc) is 2.77. The van der Waals surface area contributed by atoms with Crippen LogP contribution in [0.15, 0.2) is 72.8 Å². The Balaban J connectivity index is 1.52. The number of aromatic hydroxyl groups is 1. The van der Waals surface area contributed by atoms with Crippen LogP contribution >= 0.6 is 0 Å². The summed E-state index contributed by atoms with van der Waals surface area (Å²) >= 11 is 0. The van der Waals surface area contributed by atoms with Gasteiger partial charge in [0.05, 0.1) is 19.1 Å². The lowest BCUT2D eigenvalue weighted by Gasteiger charge is -2.47. The second kappa shape index (κ2) is 8.57. The van der Waals surface area contributed by atoms with Crippen LogP contribution < -0.4 is 9.64 Å². The minimum Gasteiger partial charge on any atom is -0.508 e. The summed E-state index contributed by atoms with van der Waals surface area (Å²) in [6.45, 7) is 0. The Morgan fingerprint density at radius 2 is 1.63 bits per heavy atom. The van der Waals surface area contributed by atoms with Crippen molar-refractivity contribution in [2.24, 2.45) is 5.92 Å². The summed E-state index contributed by atoms with van der Waals surface area (Å²) in [5.74, 6) is 0.669. The molecule has 4 nitrogen and oxygen atoms in total. The van der Waals surface area contributed by atoms with Gasteiger partial charge < -0.3 is 14.7 Å². The number of anilines is 1. The van der Waals surface area contributed by atoms with Gasteiger partial charge in [-0.3, -0.25) is 4.79 Å². The zero-order valence-corrected chi connectivity index (χ0v) is 16.8. The third-order valence-electron chi connectivity index (χ3n) is 5.69. The maximum Gasteiger partial charge on any atom is 0.233 e. The largest absolute Gasteiger partial charge is 0.508 e. The van der Waals surface area contributed by atoms with Gasteiger partial charge in [-0.2, -0.15) is 0 Å². The van der Waals surface area contributed by atoms with Gasteiger partial charge in [0.2, 0.25) is 5.91 Å². The van der Waals surface area contributed by atoms with Crippen LogP contribution in [0.4, 0.5) is 10.1 Å². The van der Waals surface area contributed by atoms with E-state index >= 15 is 0 Å². The molecule has 1 fully saturated rings. The molecule has 2 unspecified atom stereocenters. The van der Waals surface area contributed by atoms with E-state index in [-0.39, 0.29) is 29.4 Å². The molecule has 1 aliphatic rings. The first kappa shape index (κ1) is 20.0. The van der Waals surface area contributed by atoms with Crippen molar-refractivity contribution < 1.29 is 19.0 Å². The maximum absolute atomic E-state index is 13.1. The van der Waals surface area contributed by atoms with Gasteiger partial charge in [0.15, 0.2) is 0 Å². The first-order valence-electron chi connectivity index (χ1n) is 10.1. The molecule has 0 aliphatic carbocycles. The lowest BCUT2D eigenvalue weighted by atomic mass is 9.78. The molecule has 4 rings (SSSR count). The fourth-order valence-corrected chi connectivity index (χ4v) is 4.09. The van der Waals surface area contributed by atoms with Crippen LogP contribution in [-0.2, 0) is 11.2 Å². The third-order valence-corrected chi connectivity index (χ3v) is 5.69. The van der Waals surface area contributed by atoms with Gasteiger partial charge in [-0.1, -0.05) is 24.3 Å². The first-order valence-corrected chi connectivity index (χ1v) is 10.1. The molecule has 0 spiro atoms. The second-order valence-corrected chi connectivity index (χ2v) is 7.57. The second-order valence-electron chi connectivity index (χ2n) is 7.57. The summed E-state index contributed by atoms with van der Waals surface area (Å²) in [6.07, 6.45) is 2.40. The smallest absolute Gasteiger partial charge is 0.233 e. The van der Waals surface area contributed by atoms with Crippen LogP contribution in [-0.4, -0.2) is 18.1 Å². The summed E-state index contributed by atoms with van der Waals surface area (Å²) in [4.78, 5) is 14.8. The van der Waals surface area contributed by atoms with E-state index in [1.165, 1.54) is 12.1 Å². The molecule has 2 atom stereocenters. The zero-order chi connectivity index (χ0) is 21.1. The van der Waals surface area contributed by atoms with Gasteiger partial charge >= 0.3 is 0 Å². The highest BCUT2D eigenvalue weighted by molar-refractivity contribution is 6.03. The number of nitrogens with zero attached hydrogens (tertiary/aromatic N) is 1. The molecule has 3 aromatic rings. The van der Waals surface area contributed by atoms with Crippen LogP contribution in [0.2, 0.25) is 0 Å². The van der Waals surface area contributed by atoms with Gasteiger partial charge in [0.1, 0.15) is 17.3 Å². The standard InChI is InChI=1S/C25H24FNO3/c1-30-22-15-7-18(8-16-22)24-23(4-2-3-17-5-9-19(26)10-6-17)25(29)27(24)20-11-13-21(28)14-12-20/h5-16,23-24,28H,2-4H2,1H3. The molecule has 1 N–H and O–H groups in total. The lowest BCUT2D eigenvalue weighted by molar-refractivity contribution is -0.130. The van der Waals surface area contributed by atoms with E-state index < -0.39 is 0 Å². The van der Waals surface area contributed by atoms with E-state index in [2.05, 4.69) is 0 Å². The Kier molecular flexibility index (Phi) is 5.70. The fourth-order valence-electron chi connectivity index (χ4n) is 4.09. The van der Waals surface area contributed by atoms with Crippen molar-refractivity contribution in [1.29, 1.82) is 0 Å². The zero-order valence-electron chi connectivity index (χ0n) is 16.8. The summed E-state index contributed by atoms with van der Waals surface area (Å²) in [6, 6.07) is 21.0. The molecular weight excluding hydrogens is 381 g/mol. The Morgan fingerprint density at radius 3 is 2.27 bits per heavy atom. The molecule has 0 saturated carbocycles. The number of ether oxygens (including phenoxy) is 1. The topological polar surface area (TPSA) is 49.8 Å². The van der Waals surface area contributed by atoms with Crippen molar-refractivity contribution in [3.63, 3.8) is 0 Å². The molecule has 0 radical (unpaired) electrons. The van der Waals surface area contributed by atoms with Crippen molar-refractivity contribution >= 4 is 11.6 Å². The summed E-state index contributed by atoms with van der Waals surface area (Å²) in [5, 5.41) is 9.59. The van der Waals surface area contributed by atoms with Crippen LogP contribution in [0.3, 0.4) is 0 Å². The average molecular weight is 405 g/mol. The number of methoxy groups -OCH3 is 1. The number of carbonyl (C=O) groups excluding carboxylic acids is 1. The highest BCUT2D eigenvalue weighted by Crippen LogP contribution is 2.46. The number of hydrogen-bond acceptors (Lipinski definition) is 3. The number of rotatable bonds is 7. The molecule has 1 heterocycles. The lowest BCUT2D eigenvalue weighted by Crippen LogP contribution is -2.55. The fraction of sp³-hybridized carbons (Fsp3) is 0.240. The molecule has 0 aromatic heterocycles. The third kappa shape index (κ3) is 4.01. The number of phenols is 1. The van der Waals surface area contributed by atoms with Crippen LogP contribution in [0, 0.1) is 11.7 Å². The highest BCUT2D eigenvalue weighted by Gasteiger charge is 2.48. The monoisotopic (exact) mass is 405 g/mol. The highest BCUT2D eigenvalue weighted by atomic mass is 19.1. The summed E-state index contributed by atoms with van der Waals surface area (Å²) < 4.78 is 18.4. The summed E-state index contributed by atoms with van der Waals surface area (Å²) in [7, 11) is 1.63. The van der Waals surface area contributed by atoms with Crippen molar-refractivity contribution in [2.75, 3.05) is 12.0 Å². The molecular formula is C25H24FNO3. The van der Waals surface area contributed by atoms with Gasteiger partial charge in [-0.15, -0.1) is 0 Å². The predicted octanol–water partition coefficient (Wildman–Crippen LogP) is 5.27. The van der Waals surface area contributed by atoms with Crippen molar-refractivity contribution in [1.82, 2.24) is 0 Å². The molecule has 0 bridgehead atoms. The van der Waals surface area contributed by atoms with Gasteiger partial charge in [-0.25, -0.2) is 4.39 Å². The van der Waals surface area contributed by atoms with Gasteiger partial charge in [0.25, 0.3) is 0 Å². The number of carbonyl (C=O) groups is 1. The molecule has 3 aromatic carbocycles. The van der Waals surface area contributed by atoms with E-state index in [1.807, 2.05) is 24.3 Å². The Bertz CT molecular complexity index is 1000. The van der Waals surface area contributed by atoms with Crippen molar-refractivity contribution in [2.45, 2.75) is 25.3 Å². The van der Waals surface area contributed by atoms with Crippen molar-refractivity contribution in [3.05, 3.63) is 89.7 Å². The Morgan fingerprint density at radius 1 is 0.967 bits per heavy atom. The van der Waals surface area contributed by atoms with E-state index in [0.29, 0.717) is 0 Å². The molecule has 5 heteroatoms. The van der Waals surface area contributed by atoms with Crippen molar-refractivity contribution in [3.8, 4) is 11.5 Å². The number of amides is 1. The molecule has 30 heavy (non-hydrogen) atoms. The van der Waals surface area contributed by atoms with E-state index in [4.69, 9.17) is 4.74 Å². The quantitative estimate of drug-likeness (QED) is 0.545. The normalized spacial score (nSPS) is 18.2. The van der Waals surface area contributed by atoms with Gasteiger partial charge in [0, 0.05) is 5.69 Å². The van der Waals surface area contributed by atoms with E-state index in [0.717, 1.165) is 41.8 Å². The molecule has 154 valence electrons. The molecule has 1 amide bonds. The predicted molar refractivity (Wildman–Crippen MR) is 114 cm³/mol. The van der Waals surface area contributed by atoms with Crippen LogP contribution in [0.5, 0.6) is 11.5 Å². The number of β-lactam (4-membered cyclic amide) rings is 1. The minimum absolute atomic E-state index is 0.0684. The van der Waals surface area contributed by atoms with Crippen LogP contribution in [0.25, 0.3) is 0 Å². The summed E-state index contributed by atoms with van der Waals surface area (Å²) in [5.41, 5.74) is 2.89.